The van der Waals surface area contributed by atoms with Crippen LogP contribution in [-0.2, 0) is 6.18 Å². The van der Waals surface area contributed by atoms with Gasteiger partial charge in [-0.25, -0.2) is 0 Å². The molecule has 0 unspecified atom stereocenters. The second-order valence-corrected chi connectivity index (χ2v) is 4.99. The van der Waals surface area contributed by atoms with Crippen LogP contribution < -0.4 is 5.73 Å². The van der Waals surface area contributed by atoms with Crippen LogP contribution in [-0.4, -0.2) is 0 Å². The number of nitrogen functional groups attached to an aromatic ring is 1. The topological polar surface area (TPSA) is 26.0 Å². The van der Waals surface area contributed by atoms with Crippen molar-refractivity contribution in [2.45, 2.75) is 6.18 Å². The first-order valence-corrected chi connectivity index (χ1v) is 6.47. The molecule has 0 bridgehead atoms. The Morgan fingerprint density at radius 2 is 1.57 bits per heavy atom. The number of rotatable bonds is 0. The van der Waals surface area contributed by atoms with Gasteiger partial charge in [0.15, 0.2) is 0 Å². The quantitative estimate of drug-likeness (QED) is 0.534. The predicted molar refractivity (Wildman–Crippen MR) is 78.3 cm³/mol. The molecule has 0 heterocycles. The molecule has 0 aliphatic carbocycles. The van der Waals surface area contributed by atoms with Crippen LogP contribution in [0.2, 0.25) is 10.0 Å². The summed E-state index contributed by atoms with van der Waals surface area (Å²) in [5.41, 5.74) is 4.57. The molecule has 0 amide bonds. The smallest absolute Gasteiger partial charge is 0.397 e. The minimum atomic E-state index is -4.59. The van der Waals surface area contributed by atoms with E-state index in [4.69, 9.17) is 28.9 Å². The number of benzene rings is 2. The summed E-state index contributed by atoms with van der Waals surface area (Å²) in [4.78, 5) is 0. The number of halogens is 5. The highest BCUT2D eigenvalue weighted by molar-refractivity contribution is 6.31. The molecule has 0 aliphatic rings. The fraction of sp³-hybridized carbons (Fsp3) is 0.0667. The van der Waals surface area contributed by atoms with E-state index < -0.39 is 17.4 Å². The summed E-state index contributed by atoms with van der Waals surface area (Å²) >= 11 is 11.6. The number of hydrogen-bond acceptors (Lipinski definition) is 1. The van der Waals surface area contributed by atoms with Crippen molar-refractivity contribution in [2.75, 3.05) is 5.73 Å². The third kappa shape index (κ3) is 3.63. The summed E-state index contributed by atoms with van der Waals surface area (Å²) in [5.74, 6) is 5.27. The monoisotopic (exact) mass is 329 g/mol. The van der Waals surface area contributed by atoms with Gasteiger partial charge in [-0.2, -0.15) is 13.2 Å². The van der Waals surface area contributed by atoms with Gasteiger partial charge in [0.2, 0.25) is 0 Å². The van der Waals surface area contributed by atoms with E-state index in [0.717, 1.165) is 6.07 Å². The Bertz CT molecular complexity index is 743. The molecule has 0 radical (unpaired) electrons. The van der Waals surface area contributed by atoms with E-state index >= 15 is 0 Å². The van der Waals surface area contributed by atoms with Crippen molar-refractivity contribution in [1.82, 2.24) is 0 Å². The highest BCUT2D eigenvalue weighted by atomic mass is 35.5. The molecule has 0 aromatic heterocycles. The van der Waals surface area contributed by atoms with Gasteiger partial charge in [0.25, 0.3) is 0 Å². The van der Waals surface area contributed by atoms with Crippen molar-refractivity contribution >= 4 is 28.9 Å². The van der Waals surface area contributed by atoms with Crippen LogP contribution in [0.25, 0.3) is 0 Å². The first-order valence-electron chi connectivity index (χ1n) is 5.72. The molecule has 21 heavy (non-hydrogen) atoms. The Hall–Kier alpha value is -1.83. The molecule has 1 nitrogen and oxygen atoms in total. The van der Waals surface area contributed by atoms with Crippen LogP contribution in [0.5, 0.6) is 0 Å². The Balaban J connectivity index is 2.52. The Labute approximate surface area is 129 Å². The lowest BCUT2D eigenvalue weighted by Gasteiger charge is -2.11. The van der Waals surface area contributed by atoms with Crippen molar-refractivity contribution in [3.05, 3.63) is 63.1 Å². The minimum Gasteiger partial charge on any atom is -0.397 e. The Kier molecular flexibility index (Phi) is 4.36. The van der Waals surface area contributed by atoms with Crippen molar-refractivity contribution < 1.29 is 13.2 Å². The first-order chi connectivity index (χ1) is 9.79. The van der Waals surface area contributed by atoms with Gasteiger partial charge in [-0.15, -0.1) is 0 Å². The molecule has 0 atom stereocenters. The molecule has 2 N–H and O–H groups in total. The van der Waals surface area contributed by atoms with Gasteiger partial charge in [-0.1, -0.05) is 47.2 Å². The van der Waals surface area contributed by atoms with Crippen molar-refractivity contribution in [3.8, 4) is 11.8 Å². The average Bonchev–Trinajstić information content (AvgIpc) is 2.39. The highest BCUT2D eigenvalue weighted by Crippen LogP contribution is 2.36. The predicted octanol–water partition coefficient (Wildman–Crippen LogP) is 4.99. The second-order valence-electron chi connectivity index (χ2n) is 4.14. The molecule has 2 aromatic rings. The normalized spacial score (nSPS) is 10.9. The molecular weight excluding hydrogens is 322 g/mol. The molecule has 0 fully saturated rings. The molecule has 2 aromatic carbocycles. The van der Waals surface area contributed by atoms with Crippen LogP contribution in [0.3, 0.4) is 0 Å². The zero-order valence-electron chi connectivity index (χ0n) is 10.4. The van der Waals surface area contributed by atoms with Crippen molar-refractivity contribution in [3.63, 3.8) is 0 Å². The summed E-state index contributed by atoms with van der Waals surface area (Å²) in [5, 5.41) is 0.321. The van der Waals surface area contributed by atoms with Crippen molar-refractivity contribution in [1.29, 1.82) is 0 Å². The van der Waals surface area contributed by atoms with E-state index in [2.05, 4.69) is 11.8 Å². The van der Waals surface area contributed by atoms with E-state index in [1.165, 1.54) is 6.07 Å². The number of anilines is 1. The maximum atomic E-state index is 12.8. The van der Waals surface area contributed by atoms with E-state index in [1.807, 2.05) is 0 Å². The maximum absolute atomic E-state index is 12.8. The maximum Gasteiger partial charge on any atom is 0.418 e. The number of alkyl halides is 3. The SMILES string of the molecule is Nc1c(C#Cc2ccccc2Cl)cc(Cl)cc1C(F)(F)F. The van der Waals surface area contributed by atoms with Gasteiger partial charge < -0.3 is 5.73 Å². The standard InChI is InChI=1S/C15H8Cl2F3N/c16-11-7-10(14(21)12(8-11)15(18,19)20)6-5-9-3-1-2-4-13(9)17/h1-4,7-8H,21H2. The summed E-state index contributed by atoms with van der Waals surface area (Å²) in [6.45, 7) is 0. The van der Waals surface area contributed by atoms with E-state index in [-0.39, 0.29) is 10.6 Å². The Morgan fingerprint density at radius 1 is 0.952 bits per heavy atom. The molecule has 0 saturated heterocycles. The van der Waals surface area contributed by atoms with Crippen LogP contribution in [0, 0.1) is 11.8 Å². The molecule has 2 rings (SSSR count). The molecule has 108 valence electrons. The minimum absolute atomic E-state index is 0.00902. The van der Waals surface area contributed by atoms with Crippen LogP contribution in [0.15, 0.2) is 36.4 Å². The van der Waals surface area contributed by atoms with Gasteiger partial charge in [-0.3, -0.25) is 0 Å². The number of hydrogen-bond donors (Lipinski definition) is 1. The lowest BCUT2D eigenvalue weighted by molar-refractivity contribution is -0.136. The van der Waals surface area contributed by atoms with E-state index in [9.17, 15) is 13.2 Å². The summed E-state index contributed by atoms with van der Waals surface area (Å²) in [6.07, 6.45) is -4.59. The van der Waals surface area contributed by atoms with Gasteiger partial charge in [-0.05, 0) is 24.3 Å². The fourth-order valence-corrected chi connectivity index (χ4v) is 2.05. The molecule has 0 saturated carbocycles. The van der Waals surface area contributed by atoms with Gasteiger partial charge in [0.1, 0.15) is 0 Å². The Morgan fingerprint density at radius 3 is 2.19 bits per heavy atom. The lowest BCUT2D eigenvalue weighted by atomic mass is 10.1. The van der Waals surface area contributed by atoms with Gasteiger partial charge >= 0.3 is 6.18 Å². The third-order valence-corrected chi connectivity index (χ3v) is 3.20. The van der Waals surface area contributed by atoms with Gasteiger partial charge in [0, 0.05) is 16.1 Å². The molecule has 0 aliphatic heterocycles. The lowest BCUT2D eigenvalue weighted by Crippen LogP contribution is -2.10. The van der Waals surface area contributed by atoms with Gasteiger partial charge in [0.05, 0.1) is 16.3 Å². The first kappa shape index (κ1) is 15.6. The molecular formula is C15H8Cl2F3N. The summed E-state index contributed by atoms with van der Waals surface area (Å²) in [7, 11) is 0. The summed E-state index contributed by atoms with van der Waals surface area (Å²) in [6, 6.07) is 8.80. The zero-order valence-corrected chi connectivity index (χ0v) is 11.9. The largest absolute Gasteiger partial charge is 0.418 e. The zero-order chi connectivity index (χ0) is 15.6. The third-order valence-electron chi connectivity index (χ3n) is 2.66. The van der Waals surface area contributed by atoms with Crippen LogP contribution in [0.4, 0.5) is 18.9 Å². The fourth-order valence-electron chi connectivity index (χ4n) is 1.65. The van der Waals surface area contributed by atoms with Crippen molar-refractivity contribution in [2.24, 2.45) is 0 Å². The van der Waals surface area contributed by atoms with Crippen LogP contribution >= 0.6 is 23.2 Å². The average molecular weight is 330 g/mol. The highest BCUT2D eigenvalue weighted by Gasteiger charge is 2.34. The second kappa shape index (κ2) is 5.88. The van der Waals surface area contributed by atoms with E-state index in [1.54, 1.807) is 24.3 Å². The van der Waals surface area contributed by atoms with Crippen LogP contribution in [0.1, 0.15) is 16.7 Å². The van der Waals surface area contributed by atoms with E-state index in [0.29, 0.717) is 10.6 Å². The molecule has 6 heteroatoms. The molecule has 0 spiro atoms. The summed E-state index contributed by atoms with van der Waals surface area (Å²) < 4.78 is 38.5. The number of nitrogens with two attached hydrogens (primary N) is 1.